The molecule has 0 aliphatic rings. The maximum atomic E-state index is 13.7. The SMILES string of the molecule is CCCCNC(=O)[C@@H](Cc1ccccc1)N(Cc1c(Cl)cccc1Cl)C(=O)CSCc1ccc(Cl)c(Cl)c1. The monoisotopic (exact) mass is 610 g/mol. The molecule has 0 fully saturated rings. The molecule has 3 aromatic carbocycles. The van der Waals surface area contributed by atoms with Crippen molar-refractivity contribution in [3.63, 3.8) is 0 Å². The maximum absolute atomic E-state index is 13.7. The Kier molecular flexibility index (Phi) is 12.6. The second-order valence-corrected chi connectivity index (χ2v) is 11.4. The van der Waals surface area contributed by atoms with Gasteiger partial charge in [-0.15, -0.1) is 11.8 Å². The van der Waals surface area contributed by atoms with Gasteiger partial charge in [-0.25, -0.2) is 0 Å². The molecule has 0 unspecified atom stereocenters. The lowest BCUT2D eigenvalue weighted by molar-refractivity contribution is -0.139. The molecule has 202 valence electrons. The minimum atomic E-state index is -0.736. The van der Waals surface area contributed by atoms with Crippen molar-refractivity contribution in [3.05, 3.63) is 104 Å². The summed E-state index contributed by atoms with van der Waals surface area (Å²) in [5.41, 5.74) is 2.52. The zero-order chi connectivity index (χ0) is 27.5. The fourth-order valence-electron chi connectivity index (χ4n) is 3.88. The largest absolute Gasteiger partial charge is 0.354 e. The third-order valence-corrected chi connectivity index (χ3v) is 8.40. The van der Waals surface area contributed by atoms with Crippen LogP contribution in [0.4, 0.5) is 0 Å². The Hall–Kier alpha value is -1.89. The average molecular weight is 612 g/mol. The number of hydrogen-bond donors (Lipinski definition) is 1. The maximum Gasteiger partial charge on any atom is 0.243 e. The van der Waals surface area contributed by atoms with Crippen molar-refractivity contribution < 1.29 is 9.59 Å². The number of rotatable bonds is 13. The van der Waals surface area contributed by atoms with Crippen molar-refractivity contribution in [1.82, 2.24) is 10.2 Å². The smallest absolute Gasteiger partial charge is 0.243 e. The highest BCUT2D eigenvalue weighted by molar-refractivity contribution is 7.99. The Labute approximate surface area is 249 Å². The number of nitrogens with zero attached hydrogens (tertiary/aromatic N) is 1. The van der Waals surface area contributed by atoms with E-state index in [1.165, 1.54) is 11.8 Å². The van der Waals surface area contributed by atoms with Gasteiger partial charge in [-0.05, 0) is 41.8 Å². The first-order valence-corrected chi connectivity index (χ1v) is 15.0. The molecule has 3 aromatic rings. The summed E-state index contributed by atoms with van der Waals surface area (Å²) in [6.07, 6.45) is 2.17. The highest BCUT2D eigenvalue weighted by Crippen LogP contribution is 2.28. The summed E-state index contributed by atoms with van der Waals surface area (Å²) in [4.78, 5) is 28.8. The van der Waals surface area contributed by atoms with Gasteiger partial charge < -0.3 is 10.2 Å². The molecular formula is C29H30Cl4N2O2S. The summed E-state index contributed by atoms with van der Waals surface area (Å²) in [5, 5.41) is 4.86. The molecule has 0 radical (unpaired) electrons. The Morgan fingerprint density at radius 2 is 1.58 bits per heavy atom. The van der Waals surface area contributed by atoms with E-state index < -0.39 is 6.04 Å². The van der Waals surface area contributed by atoms with Gasteiger partial charge in [0, 0.05) is 40.9 Å². The van der Waals surface area contributed by atoms with Crippen LogP contribution in [0.1, 0.15) is 36.5 Å². The summed E-state index contributed by atoms with van der Waals surface area (Å²) < 4.78 is 0. The molecule has 0 aliphatic carbocycles. The summed E-state index contributed by atoms with van der Waals surface area (Å²) in [5.74, 6) is 0.344. The molecular weight excluding hydrogens is 582 g/mol. The van der Waals surface area contributed by atoms with E-state index in [1.54, 1.807) is 35.2 Å². The van der Waals surface area contributed by atoms with E-state index in [-0.39, 0.29) is 24.1 Å². The van der Waals surface area contributed by atoms with Crippen LogP contribution in [0.25, 0.3) is 0 Å². The first kappa shape index (κ1) is 30.6. The molecule has 0 saturated heterocycles. The number of halogens is 4. The number of carbonyl (C=O) groups is 2. The number of hydrogen-bond acceptors (Lipinski definition) is 3. The fourth-order valence-corrected chi connectivity index (χ4v) is 5.58. The van der Waals surface area contributed by atoms with Gasteiger partial charge >= 0.3 is 0 Å². The second kappa shape index (κ2) is 15.6. The normalized spacial score (nSPS) is 11.7. The molecule has 0 aromatic heterocycles. The van der Waals surface area contributed by atoms with Gasteiger partial charge in [0.1, 0.15) is 6.04 Å². The average Bonchev–Trinajstić information content (AvgIpc) is 2.90. The molecule has 0 spiro atoms. The van der Waals surface area contributed by atoms with E-state index in [4.69, 9.17) is 46.4 Å². The lowest BCUT2D eigenvalue weighted by Gasteiger charge is -2.32. The molecule has 0 bridgehead atoms. The van der Waals surface area contributed by atoms with E-state index in [0.717, 1.165) is 24.0 Å². The van der Waals surface area contributed by atoms with Crippen molar-refractivity contribution in [2.45, 2.75) is 44.5 Å². The minimum absolute atomic E-state index is 0.114. The number of thioether (sulfide) groups is 1. The zero-order valence-electron chi connectivity index (χ0n) is 21.1. The number of nitrogens with one attached hydrogen (secondary N) is 1. The summed E-state index contributed by atoms with van der Waals surface area (Å²) in [6.45, 7) is 2.72. The molecule has 1 atom stereocenters. The van der Waals surface area contributed by atoms with Gasteiger partial charge in [0.05, 0.1) is 15.8 Å². The Balaban J connectivity index is 1.87. The lowest BCUT2D eigenvalue weighted by atomic mass is 10.0. The fraction of sp³-hybridized carbons (Fsp3) is 0.310. The van der Waals surface area contributed by atoms with Crippen molar-refractivity contribution >= 4 is 70.0 Å². The van der Waals surface area contributed by atoms with Crippen LogP contribution in [-0.4, -0.2) is 35.1 Å². The Morgan fingerprint density at radius 1 is 0.868 bits per heavy atom. The molecule has 0 saturated carbocycles. The number of carbonyl (C=O) groups excluding carboxylic acids is 2. The van der Waals surface area contributed by atoms with Crippen LogP contribution >= 0.6 is 58.2 Å². The Morgan fingerprint density at radius 3 is 2.24 bits per heavy atom. The predicted molar refractivity (Wildman–Crippen MR) is 161 cm³/mol. The highest BCUT2D eigenvalue weighted by atomic mass is 35.5. The molecule has 38 heavy (non-hydrogen) atoms. The molecule has 3 rings (SSSR count). The number of amides is 2. The van der Waals surface area contributed by atoms with E-state index >= 15 is 0 Å². The molecule has 0 heterocycles. The zero-order valence-corrected chi connectivity index (χ0v) is 24.9. The minimum Gasteiger partial charge on any atom is -0.354 e. The lowest BCUT2D eigenvalue weighted by Crippen LogP contribution is -2.51. The van der Waals surface area contributed by atoms with Crippen LogP contribution in [0.2, 0.25) is 20.1 Å². The van der Waals surface area contributed by atoms with E-state index in [1.807, 2.05) is 36.4 Å². The summed E-state index contributed by atoms with van der Waals surface area (Å²) >= 11 is 26.6. The van der Waals surface area contributed by atoms with Crippen LogP contribution in [-0.2, 0) is 28.3 Å². The van der Waals surface area contributed by atoms with Crippen LogP contribution < -0.4 is 5.32 Å². The van der Waals surface area contributed by atoms with Gasteiger partial charge in [-0.3, -0.25) is 9.59 Å². The van der Waals surface area contributed by atoms with Crippen molar-refractivity contribution in [2.75, 3.05) is 12.3 Å². The summed E-state index contributed by atoms with van der Waals surface area (Å²) in [6, 6.07) is 19.6. The van der Waals surface area contributed by atoms with Crippen molar-refractivity contribution in [1.29, 1.82) is 0 Å². The standard InChI is InChI=1S/C29H30Cl4N2O2S/c1-2-3-14-34-29(37)27(16-20-8-5-4-6-9-20)35(17-22-23(30)10-7-11-24(22)31)28(36)19-38-18-21-12-13-25(32)26(33)15-21/h4-13,15,27H,2-3,14,16-19H2,1H3,(H,34,37)/t27-/m1/s1. The predicted octanol–water partition coefficient (Wildman–Crippen LogP) is 8.09. The van der Waals surface area contributed by atoms with E-state index in [9.17, 15) is 9.59 Å². The number of benzene rings is 3. The molecule has 0 aliphatic heterocycles. The quantitative estimate of drug-likeness (QED) is 0.199. The molecule has 1 N–H and O–H groups in total. The van der Waals surface area contributed by atoms with E-state index in [0.29, 0.717) is 44.4 Å². The molecule has 9 heteroatoms. The third kappa shape index (κ3) is 9.10. The van der Waals surface area contributed by atoms with Crippen LogP contribution in [0.5, 0.6) is 0 Å². The topological polar surface area (TPSA) is 49.4 Å². The molecule has 2 amide bonds. The van der Waals surface area contributed by atoms with Crippen LogP contribution in [0.3, 0.4) is 0 Å². The Bertz CT molecular complexity index is 1210. The van der Waals surface area contributed by atoms with Gasteiger partial charge in [0.15, 0.2) is 0 Å². The van der Waals surface area contributed by atoms with Crippen LogP contribution in [0, 0.1) is 0 Å². The van der Waals surface area contributed by atoms with Gasteiger partial charge in [-0.1, -0.05) is 102 Å². The van der Waals surface area contributed by atoms with Gasteiger partial charge in [0.2, 0.25) is 11.8 Å². The van der Waals surface area contributed by atoms with Gasteiger partial charge in [0.25, 0.3) is 0 Å². The second-order valence-electron chi connectivity index (χ2n) is 8.81. The number of unbranched alkanes of at least 4 members (excludes halogenated alkanes) is 1. The molecule has 4 nitrogen and oxygen atoms in total. The first-order chi connectivity index (χ1) is 18.3. The van der Waals surface area contributed by atoms with Gasteiger partial charge in [-0.2, -0.15) is 0 Å². The van der Waals surface area contributed by atoms with Crippen LogP contribution in [0.15, 0.2) is 66.7 Å². The van der Waals surface area contributed by atoms with Crippen molar-refractivity contribution in [3.8, 4) is 0 Å². The highest BCUT2D eigenvalue weighted by Gasteiger charge is 2.31. The summed E-state index contributed by atoms with van der Waals surface area (Å²) in [7, 11) is 0. The van der Waals surface area contributed by atoms with Crippen molar-refractivity contribution in [2.24, 2.45) is 0 Å². The third-order valence-electron chi connectivity index (χ3n) is 5.97. The van der Waals surface area contributed by atoms with E-state index in [2.05, 4.69) is 12.2 Å². The first-order valence-electron chi connectivity index (χ1n) is 12.4.